The van der Waals surface area contributed by atoms with Crippen molar-refractivity contribution in [1.82, 2.24) is 0 Å². The predicted molar refractivity (Wildman–Crippen MR) is 55.3 cm³/mol. The Balaban J connectivity index is 4.02. The van der Waals surface area contributed by atoms with Gasteiger partial charge in [0.1, 0.15) is 0 Å². The summed E-state index contributed by atoms with van der Waals surface area (Å²) in [6.07, 6.45) is 4.30. The van der Waals surface area contributed by atoms with Crippen molar-refractivity contribution >= 4 is 8.80 Å². The lowest BCUT2D eigenvalue weighted by molar-refractivity contribution is 1.32. The van der Waals surface area contributed by atoms with Crippen LogP contribution in [0.5, 0.6) is 0 Å². The number of hydrogen-bond acceptors (Lipinski definition) is 0. The molecule has 63 valence electrons. The van der Waals surface area contributed by atoms with E-state index >= 15 is 0 Å². The van der Waals surface area contributed by atoms with Crippen LogP contribution in [-0.4, -0.2) is 8.80 Å². The van der Waals surface area contributed by atoms with Gasteiger partial charge in [-0.1, -0.05) is 49.4 Å². The molecule has 0 aromatic heterocycles. The van der Waals surface area contributed by atoms with Gasteiger partial charge in [0.15, 0.2) is 0 Å². The van der Waals surface area contributed by atoms with E-state index in [1.54, 1.807) is 0 Å². The zero-order valence-electron chi connectivity index (χ0n) is 8.15. The number of rotatable bonds is 4. The third kappa shape index (κ3) is 5.02. The first-order valence-corrected chi connectivity index (χ1v) is 6.39. The van der Waals surface area contributed by atoms with E-state index in [0.717, 1.165) is 0 Å². The van der Waals surface area contributed by atoms with Gasteiger partial charge in [-0.15, -0.1) is 0 Å². The van der Waals surface area contributed by atoms with Gasteiger partial charge in [0.05, 0.1) is 8.80 Å². The van der Waals surface area contributed by atoms with Gasteiger partial charge < -0.3 is 0 Å². The van der Waals surface area contributed by atoms with Crippen LogP contribution in [0.2, 0.25) is 12.1 Å². The number of hydrogen-bond donors (Lipinski definition) is 0. The van der Waals surface area contributed by atoms with Crippen molar-refractivity contribution in [3.05, 3.63) is 23.4 Å². The highest BCUT2D eigenvalue weighted by Gasteiger charge is 2.00. The van der Waals surface area contributed by atoms with E-state index in [0.29, 0.717) is 0 Å². The average Bonchev–Trinajstić information content (AvgIpc) is 2.01. The van der Waals surface area contributed by atoms with Gasteiger partial charge in [0, 0.05) is 0 Å². The van der Waals surface area contributed by atoms with E-state index < -0.39 is 0 Å². The smallest absolute Gasteiger partial charge is 0.0755 e. The lowest BCUT2D eigenvalue weighted by Crippen LogP contribution is -2.05. The van der Waals surface area contributed by atoms with Gasteiger partial charge in [-0.25, -0.2) is 0 Å². The molecule has 1 heteroatoms. The zero-order valence-corrected chi connectivity index (χ0v) is 9.15. The fourth-order valence-electron chi connectivity index (χ4n) is 1.09. The molecule has 0 aliphatic heterocycles. The van der Waals surface area contributed by atoms with Crippen molar-refractivity contribution < 1.29 is 0 Å². The largest absolute Gasteiger partial charge is 0.0933 e. The van der Waals surface area contributed by atoms with E-state index in [4.69, 9.17) is 0 Å². The molecule has 0 nitrogen and oxygen atoms in total. The van der Waals surface area contributed by atoms with E-state index in [1.165, 1.54) is 17.7 Å². The van der Waals surface area contributed by atoms with Crippen molar-refractivity contribution in [3.63, 3.8) is 0 Å². The van der Waals surface area contributed by atoms with E-state index in [9.17, 15) is 0 Å². The fraction of sp³-hybridized carbons (Fsp3) is 0.600. The first kappa shape index (κ1) is 10.7. The standard InChI is InChI=1S/C10H19Si/c1-5-8-10(4)9-11(6-2)7-3/h5,8-9H,6-7H2,1-4H3. The highest BCUT2D eigenvalue weighted by atomic mass is 28.3. The molecule has 0 saturated heterocycles. The normalized spacial score (nSPS) is 13.4. The predicted octanol–water partition coefficient (Wildman–Crippen LogP) is 3.58. The molecule has 11 heavy (non-hydrogen) atoms. The summed E-state index contributed by atoms with van der Waals surface area (Å²) in [6.45, 7) is 8.84. The maximum Gasteiger partial charge on any atom is 0.0755 e. The second kappa shape index (κ2) is 6.41. The van der Waals surface area contributed by atoms with Gasteiger partial charge in [0.2, 0.25) is 0 Å². The van der Waals surface area contributed by atoms with Crippen molar-refractivity contribution in [3.8, 4) is 0 Å². The minimum absolute atomic E-state index is 0.158. The second-order valence-corrected chi connectivity index (χ2v) is 5.77. The average molecular weight is 167 g/mol. The van der Waals surface area contributed by atoms with Gasteiger partial charge in [-0.2, -0.15) is 0 Å². The van der Waals surface area contributed by atoms with Crippen LogP contribution in [-0.2, 0) is 0 Å². The molecule has 0 aromatic carbocycles. The summed E-state index contributed by atoms with van der Waals surface area (Å²) in [6, 6.07) is 2.71. The molecule has 0 N–H and O–H groups in total. The number of allylic oxidation sites excluding steroid dienone is 3. The highest BCUT2D eigenvalue weighted by Crippen LogP contribution is 2.04. The molecule has 0 rings (SSSR count). The minimum atomic E-state index is -0.158. The summed E-state index contributed by atoms with van der Waals surface area (Å²) < 4.78 is 0. The maximum atomic E-state index is 2.46. The Labute approximate surface area is 72.6 Å². The third-order valence-electron chi connectivity index (χ3n) is 1.77. The monoisotopic (exact) mass is 167 g/mol. The van der Waals surface area contributed by atoms with Crippen LogP contribution < -0.4 is 0 Å². The van der Waals surface area contributed by atoms with Crippen LogP contribution in [0.4, 0.5) is 0 Å². The topological polar surface area (TPSA) is 0 Å². The molecule has 0 aliphatic carbocycles. The lowest BCUT2D eigenvalue weighted by atomic mass is 10.3. The quantitative estimate of drug-likeness (QED) is 0.443. The Bertz CT molecular complexity index is 141. The van der Waals surface area contributed by atoms with Crippen LogP contribution in [0.3, 0.4) is 0 Å². The van der Waals surface area contributed by atoms with Crippen molar-refractivity contribution in [1.29, 1.82) is 0 Å². The van der Waals surface area contributed by atoms with E-state index in [2.05, 4.69) is 45.5 Å². The van der Waals surface area contributed by atoms with Crippen molar-refractivity contribution in [2.24, 2.45) is 0 Å². The summed E-state index contributed by atoms with van der Waals surface area (Å²) in [5.41, 5.74) is 3.90. The molecule has 0 unspecified atom stereocenters. The Morgan fingerprint density at radius 3 is 2.18 bits per heavy atom. The molecule has 0 fully saturated rings. The molecule has 0 heterocycles. The molecule has 1 radical (unpaired) electrons. The van der Waals surface area contributed by atoms with Crippen LogP contribution in [0.25, 0.3) is 0 Å². The van der Waals surface area contributed by atoms with E-state index in [-0.39, 0.29) is 8.80 Å². The summed E-state index contributed by atoms with van der Waals surface area (Å²) in [5, 5.41) is 0. The fourth-order valence-corrected chi connectivity index (χ4v) is 2.74. The molecule has 0 bridgehead atoms. The Morgan fingerprint density at radius 2 is 1.82 bits per heavy atom. The SMILES string of the molecule is CC=CC(C)=C[Si](CC)CC. The van der Waals surface area contributed by atoms with Crippen LogP contribution >= 0.6 is 0 Å². The molecule has 0 aromatic rings. The van der Waals surface area contributed by atoms with Crippen molar-refractivity contribution in [2.75, 3.05) is 0 Å². The van der Waals surface area contributed by atoms with Crippen LogP contribution in [0.15, 0.2) is 23.4 Å². The van der Waals surface area contributed by atoms with Crippen molar-refractivity contribution in [2.45, 2.75) is 39.8 Å². The zero-order chi connectivity index (χ0) is 8.69. The summed E-state index contributed by atoms with van der Waals surface area (Å²) in [5.74, 6) is 0. The summed E-state index contributed by atoms with van der Waals surface area (Å²) in [4.78, 5) is 0. The maximum absolute atomic E-state index is 2.46. The molecule has 0 atom stereocenters. The van der Waals surface area contributed by atoms with Gasteiger partial charge in [-0.3, -0.25) is 0 Å². The lowest BCUT2D eigenvalue weighted by Gasteiger charge is -2.03. The summed E-state index contributed by atoms with van der Waals surface area (Å²) >= 11 is 0. The van der Waals surface area contributed by atoms with E-state index in [1.807, 2.05) is 0 Å². The van der Waals surface area contributed by atoms with Gasteiger partial charge >= 0.3 is 0 Å². The first-order valence-electron chi connectivity index (χ1n) is 4.40. The van der Waals surface area contributed by atoms with Gasteiger partial charge in [-0.05, 0) is 13.8 Å². The molecule has 0 amide bonds. The summed E-state index contributed by atoms with van der Waals surface area (Å²) in [7, 11) is -0.158. The third-order valence-corrected chi connectivity index (χ3v) is 4.45. The first-order chi connectivity index (χ1) is 5.24. The second-order valence-electron chi connectivity index (χ2n) is 2.75. The Hall–Kier alpha value is -0.303. The Kier molecular flexibility index (Phi) is 6.23. The Morgan fingerprint density at radius 1 is 1.27 bits per heavy atom. The van der Waals surface area contributed by atoms with Crippen LogP contribution in [0.1, 0.15) is 27.7 Å². The van der Waals surface area contributed by atoms with Crippen LogP contribution in [0, 0.1) is 0 Å². The molecular weight excluding hydrogens is 148 g/mol. The van der Waals surface area contributed by atoms with Gasteiger partial charge in [0.25, 0.3) is 0 Å². The molecule has 0 aliphatic rings. The molecular formula is C10H19Si. The molecule has 0 spiro atoms. The minimum Gasteiger partial charge on any atom is -0.0933 e. The highest BCUT2D eigenvalue weighted by molar-refractivity contribution is 6.64. The molecule has 0 saturated carbocycles.